The first-order valence-corrected chi connectivity index (χ1v) is 11.1. The number of rotatable bonds is 7. The third kappa shape index (κ3) is 5.99. The molecule has 1 amide bonds. The van der Waals surface area contributed by atoms with E-state index in [1.807, 2.05) is 30.3 Å². The number of hydroxylamine groups is 2. The molecule has 2 heterocycles. The van der Waals surface area contributed by atoms with Crippen LogP contribution in [-0.2, 0) is 25.7 Å². The third-order valence-corrected chi connectivity index (χ3v) is 5.73. The van der Waals surface area contributed by atoms with E-state index in [2.05, 4.69) is 0 Å². The van der Waals surface area contributed by atoms with Gasteiger partial charge in [0.15, 0.2) is 0 Å². The Kier molecular flexibility index (Phi) is 7.60. The zero-order valence-corrected chi connectivity index (χ0v) is 19.4. The van der Waals surface area contributed by atoms with E-state index in [1.54, 1.807) is 27.7 Å². The number of hydrogen-bond acceptors (Lipinski definition) is 7. The van der Waals surface area contributed by atoms with Crippen molar-refractivity contribution in [2.75, 3.05) is 19.7 Å². The van der Waals surface area contributed by atoms with Crippen molar-refractivity contribution in [2.45, 2.75) is 70.4 Å². The highest BCUT2D eigenvalue weighted by Crippen LogP contribution is 2.41. The van der Waals surface area contributed by atoms with Crippen LogP contribution in [0.2, 0.25) is 0 Å². The van der Waals surface area contributed by atoms with Gasteiger partial charge >= 0.3 is 12.1 Å². The van der Waals surface area contributed by atoms with Gasteiger partial charge < -0.3 is 14.6 Å². The van der Waals surface area contributed by atoms with Crippen LogP contribution in [-0.4, -0.2) is 76.5 Å². The molecular formula is C23H32F2N2O6. The topological polar surface area (TPSA) is 88.5 Å². The fourth-order valence-electron chi connectivity index (χ4n) is 4.16. The van der Waals surface area contributed by atoms with E-state index >= 15 is 0 Å². The van der Waals surface area contributed by atoms with Crippen LogP contribution in [0.25, 0.3) is 0 Å². The lowest BCUT2D eigenvalue weighted by Gasteiger charge is -2.29. The summed E-state index contributed by atoms with van der Waals surface area (Å²) in [6.07, 6.45) is -1.86. The molecule has 2 saturated heterocycles. The number of ether oxygens (including phenoxy) is 2. The van der Waals surface area contributed by atoms with Crippen LogP contribution in [0.1, 0.15) is 39.7 Å². The molecule has 10 heteroatoms. The Hall–Kier alpha value is -2.30. The first-order chi connectivity index (χ1) is 15.4. The van der Waals surface area contributed by atoms with Gasteiger partial charge in [-0.15, -0.1) is 0 Å². The van der Waals surface area contributed by atoms with Gasteiger partial charge in [-0.1, -0.05) is 37.3 Å². The Labute approximate surface area is 192 Å². The molecule has 8 nitrogen and oxygen atoms in total. The lowest BCUT2D eigenvalue weighted by molar-refractivity contribution is -0.198. The van der Waals surface area contributed by atoms with E-state index < -0.39 is 54.2 Å². The zero-order chi connectivity index (χ0) is 24.4. The monoisotopic (exact) mass is 470 g/mol. The molecule has 4 unspecified atom stereocenters. The second-order valence-corrected chi connectivity index (χ2v) is 9.45. The van der Waals surface area contributed by atoms with Crippen LogP contribution < -0.4 is 0 Å². The molecule has 184 valence electrons. The number of amides is 1. The molecule has 0 spiro atoms. The van der Waals surface area contributed by atoms with Gasteiger partial charge in [-0.05, 0) is 32.8 Å². The molecule has 2 aliphatic rings. The lowest BCUT2D eigenvalue weighted by atomic mass is 9.98. The number of carbonyl (C=O) groups is 2. The minimum absolute atomic E-state index is 0.0523. The number of β-amino-alcohol motifs (C(OH)–C–C–N with tert-alkyl or cyclic N) is 1. The molecule has 0 saturated carbocycles. The summed E-state index contributed by atoms with van der Waals surface area (Å²) in [6, 6.07) is 6.72. The standard InChI is InChI=1S/C23H32F2N2O6/c1-5-16(20(29)31-12-15-9-7-6-8-10-15)18(28)11-27-19-17(13-32-27)26(14-23(19,24)25)21(30)33-22(2,3)4/h6-10,16-19,28H,5,11-14H2,1-4H3. The van der Waals surface area contributed by atoms with Crippen LogP contribution in [0.4, 0.5) is 13.6 Å². The summed E-state index contributed by atoms with van der Waals surface area (Å²) < 4.78 is 40.3. The predicted octanol–water partition coefficient (Wildman–Crippen LogP) is 2.99. The maximum atomic E-state index is 14.8. The molecule has 1 N–H and O–H groups in total. The number of likely N-dealkylation sites (tertiary alicyclic amines) is 1. The summed E-state index contributed by atoms with van der Waals surface area (Å²) in [7, 11) is 0. The van der Waals surface area contributed by atoms with Crippen molar-refractivity contribution in [3.8, 4) is 0 Å². The van der Waals surface area contributed by atoms with Gasteiger partial charge in [-0.25, -0.2) is 13.6 Å². The maximum absolute atomic E-state index is 14.8. The van der Waals surface area contributed by atoms with Crippen LogP contribution in [0.3, 0.4) is 0 Å². The minimum Gasteiger partial charge on any atom is -0.461 e. The molecule has 33 heavy (non-hydrogen) atoms. The highest BCUT2D eigenvalue weighted by molar-refractivity contribution is 5.73. The number of carbonyl (C=O) groups excluding carboxylic acids is 2. The van der Waals surface area contributed by atoms with Gasteiger partial charge in [0.2, 0.25) is 0 Å². The second kappa shape index (κ2) is 9.90. The van der Waals surface area contributed by atoms with Crippen molar-refractivity contribution in [3.05, 3.63) is 35.9 Å². The number of hydrogen-bond donors (Lipinski definition) is 1. The predicted molar refractivity (Wildman–Crippen MR) is 114 cm³/mol. The van der Waals surface area contributed by atoms with Gasteiger partial charge in [-0.2, -0.15) is 5.06 Å². The average Bonchev–Trinajstić information content (AvgIpc) is 3.26. The summed E-state index contributed by atoms with van der Waals surface area (Å²) >= 11 is 0. The first kappa shape index (κ1) is 25.3. The van der Waals surface area contributed by atoms with Crippen molar-refractivity contribution in [1.82, 2.24) is 9.96 Å². The molecule has 2 aliphatic heterocycles. The van der Waals surface area contributed by atoms with Gasteiger partial charge in [0.05, 0.1) is 37.8 Å². The normalized spacial score (nSPS) is 24.3. The molecule has 0 bridgehead atoms. The highest BCUT2D eigenvalue weighted by Gasteiger charge is 2.63. The molecular weight excluding hydrogens is 438 g/mol. The zero-order valence-electron chi connectivity index (χ0n) is 19.4. The number of aliphatic hydroxyl groups is 1. The lowest BCUT2D eigenvalue weighted by Crippen LogP contribution is -2.49. The summed E-state index contributed by atoms with van der Waals surface area (Å²) in [6.45, 7) is 5.46. The van der Waals surface area contributed by atoms with E-state index in [9.17, 15) is 23.5 Å². The number of alkyl halides is 2. The summed E-state index contributed by atoms with van der Waals surface area (Å²) in [5.41, 5.74) is -0.0254. The Bertz CT molecular complexity index is 832. The molecule has 4 atom stereocenters. The SMILES string of the molecule is CCC(C(=O)OCc1ccccc1)C(O)CN1OCC2C1C(F)(F)CN2C(=O)OC(C)(C)C. The van der Waals surface area contributed by atoms with Crippen molar-refractivity contribution < 1.29 is 37.8 Å². The molecule has 2 fully saturated rings. The number of esters is 1. The average molecular weight is 471 g/mol. The number of fused-ring (bicyclic) bond motifs is 1. The maximum Gasteiger partial charge on any atom is 0.410 e. The molecule has 0 aliphatic carbocycles. The van der Waals surface area contributed by atoms with Crippen LogP contribution in [0, 0.1) is 5.92 Å². The van der Waals surface area contributed by atoms with Gasteiger partial charge in [0, 0.05) is 0 Å². The molecule has 3 rings (SSSR count). The third-order valence-electron chi connectivity index (χ3n) is 5.73. The van der Waals surface area contributed by atoms with E-state index in [4.69, 9.17) is 14.3 Å². The Morgan fingerprint density at radius 1 is 1.27 bits per heavy atom. The summed E-state index contributed by atoms with van der Waals surface area (Å²) in [5, 5.41) is 11.7. The van der Waals surface area contributed by atoms with Crippen molar-refractivity contribution in [1.29, 1.82) is 0 Å². The number of aliphatic hydroxyl groups excluding tert-OH is 1. The van der Waals surface area contributed by atoms with Crippen molar-refractivity contribution >= 4 is 12.1 Å². The van der Waals surface area contributed by atoms with Crippen molar-refractivity contribution in [3.63, 3.8) is 0 Å². The van der Waals surface area contributed by atoms with E-state index in [-0.39, 0.29) is 26.2 Å². The van der Waals surface area contributed by atoms with Crippen LogP contribution in [0.5, 0.6) is 0 Å². The highest BCUT2D eigenvalue weighted by atomic mass is 19.3. The Morgan fingerprint density at radius 2 is 1.94 bits per heavy atom. The van der Waals surface area contributed by atoms with Crippen molar-refractivity contribution in [2.24, 2.45) is 5.92 Å². The molecule has 0 radical (unpaired) electrons. The largest absolute Gasteiger partial charge is 0.461 e. The van der Waals surface area contributed by atoms with Gasteiger partial charge in [-0.3, -0.25) is 14.5 Å². The second-order valence-electron chi connectivity index (χ2n) is 9.45. The van der Waals surface area contributed by atoms with E-state index in [0.29, 0.717) is 0 Å². The fraction of sp³-hybridized carbons (Fsp3) is 0.652. The fourth-order valence-corrected chi connectivity index (χ4v) is 4.16. The smallest absolute Gasteiger partial charge is 0.410 e. The first-order valence-electron chi connectivity index (χ1n) is 11.1. The van der Waals surface area contributed by atoms with Gasteiger partial charge in [0.25, 0.3) is 5.92 Å². The molecule has 0 aromatic heterocycles. The Morgan fingerprint density at radius 3 is 2.55 bits per heavy atom. The van der Waals surface area contributed by atoms with Crippen LogP contribution >= 0.6 is 0 Å². The Balaban J connectivity index is 1.62. The number of nitrogens with zero attached hydrogens (tertiary/aromatic N) is 2. The quantitative estimate of drug-likeness (QED) is 0.613. The van der Waals surface area contributed by atoms with Gasteiger partial charge in [0.1, 0.15) is 18.2 Å². The molecule has 1 aromatic rings. The summed E-state index contributed by atoms with van der Waals surface area (Å²) in [5.74, 6) is -4.79. The van der Waals surface area contributed by atoms with E-state index in [0.717, 1.165) is 15.5 Å². The van der Waals surface area contributed by atoms with E-state index in [1.165, 1.54) is 0 Å². The number of benzene rings is 1. The number of halogens is 2. The van der Waals surface area contributed by atoms with Crippen LogP contribution in [0.15, 0.2) is 30.3 Å². The summed E-state index contributed by atoms with van der Waals surface area (Å²) in [4.78, 5) is 31.4. The minimum atomic E-state index is -3.27. The molecule has 1 aromatic carbocycles.